The van der Waals surface area contributed by atoms with Crippen LogP contribution in [0, 0.1) is 0 Å². The number of halogens is 8. The Labute approximate surface area is 153 Å². The molecule has 0 bridgehead atoms. The number of nitrogens with two attached hydrogens (primary N) is 1. The summed E-state index contributed by atoms with van der Waals surface area (Å²) >= 11 is 3.13. The van der Waals surface area contributed by atoms with Gasteiger partial charge in [0.05, 0.1) is 11.6 Å². The van der Waals surface area contributed by atoms with Crippen molar-refractivity contribution >= 4 is 28.3 Å². The fourth-order valence-electron chi connectivity index (χ4n) is 2.01. The van der Waals surface area contributed by atoms with E-state index in [1.807, 2.05) is 0 Å². The van der Waals surface area contributed by atoms with Crippen LogP contribution in [0.15, 0.2) is 46.9 Å². The van der Waals surface area contributed by atoms with E-state index >= 15 is 0 Å². The molecule has 10 heteroatoms. The van der Waals surface area contributed by atoms with Gasteiger partial charge >= 0.3 is 12.5 Å². The average molecular weight is 451 g/mol. The van der Waals surface area contributed by atoms with Crippen LogP contribution in [-0.4, -0.2) is 6.36 Å². The summed E-state index contributed by atoms with van der Waals surface area (Å²) in [6.45, 7) is 0. The van der Waals surface area contributed by atoms with Gasteiger partial charge < -0.3 is 10.5 Å². The lowest BCUT2D eigenvalue weighted by molar-refractivity contribution is -0.274. The van der Waals surface area contributed by atoms with Gasteiger partial charge in [-0.2, -0.15) is 13.2 Å². The first kappa shape index (κ1) is 21.6. The summed E-state index contributed by atoms with van der Waals surface area (Å²) in [5.41, 5.74) is 5.58. The summed E-state index contributed by atoms with van der Waals surface area (Å²) in [5.74, 6) is -0.443. The Morgan fingerprint density at radius 2 is 1.48 bits per heavy atom. The summed E-state index contributed by atoms with van der Waals surface area (Å²) in [5, 5.41) is 0. The third kappa shape index (κ3) is 5.79. The predicted octanol–water partition coefficient (Wildman–Crippen LogP) is 5.84. The van der Waals surface area contributed by atoms with Crippen LogP contribution in [-0.2, 0) is 6.18 Å². The summed E-state index contributed by atoms with van der Waals surface area (Å²) in [4.78, 5) is 0. The summed E-state index contributed by atoms with van der Waals surface area (Å²) in [7, 11) is 0. The standard InChI is InChI=1S/C15H10BrF6NO.ClH/c16-12-6-3-9(14(17,18)19)7-11(12)13(23)8-1-4-10(5-2-8)24-15(20,21)22;/h1-7,13H,23H2;1H/t13-;/m1./s1. The van der Waals surface area contributed by atoms with Gasteiger partial charge in [-0.15, -0.1) is 25.6 Å². The molecule has 2 aromatic carbocycles. The first-order valence-electron chi connectivity index (χ1n) is 6.45. The minimum absolute atomic E-state index is 0. The smallest absolute Gasteiger partial charge is 0.406 e. The molecule has 138 valence electrons. The van der Waals surface area contributed by atoms with Crippen molar-refractivity contribution in [3.05, 3.63) is 63.6 Å². The predicted molar refractivity (Wildman–Crippen MR) is 85.5 cm³/mol. The zero-order valence-corrected chi connectivity index (χ0v) is 14.6. The molecule has 0 saturated carbocycles. The third-order valence-corrected chi connectivity index (χ3v) is 3.85. The highest BCUT2D eigenvalue weighted by Gasteiger charge is 2.32. The van der Waals surface area contributed by atoms with E-state index in [1.165, 1.54) is 18.2 Å². The van der Waals surface area contributed by atoms with Gasteiger partial charge in [0, 0.05) is 4.47 Å². The molecule has 1 atom stereocenters. The summed E-state index contributed by atoms with van der Waals surface area (Å²) in [6, 6.07) is 6.68. The quantitative estimate of drug-likeness (QED) is 0.597. The van der Waals surface area contributed by atoms with E-state index in [0.29, 0.717) is 10.0 Å². The van der Waals surface area contributed by atoms with Crippen LogP contribution in [0.5, 0.6) is 5.75 Å². The number of hydrogen-bond donors (Lipinski definition) is 1. The minimum atomic E-state index is -4.83. The van der Waals surface area contributed by atoms with Gasteiger partial charge in [0.15, 0.2) is 0 Å². The van der Waals surface area contributed by atoms with Crippen molar-refractivity contribution in [2.75, 3.05) is 0 Å². The molecule has 0 saturated heterocycles. The van der Waals surface area contributed by atoms with Crippen LogP contribution in [0.25, 0.3) is 0 Å². The van der Waals surface area contributed by atoms with Crippen LogP contribution in [0.3, 0.4) is 0 Å². The van der Waals surface area contributed by atoms with Crippen LogP contribution in [0.1, 0.15) is 22.7 Å². The largest absolute Gasteiger partial charge is 0.573 e. The average Bonchev–Trinajstić information content (AvgIpc) is 2.45. The molecule has 0 unspecified atom stereocenters. The molecule has 0 aliphatic rings. The van der Waals surface area contributed by atoms with Gasteiger partial charge in [0.2, 0.25) is 0 Å². The number of benzene rings is 2. The maximum Gasteiger partial charge on any atom is 0.573 e. The van der Waals surface area contributed by atoms with Crippen molar-refractivity contribution in [3.63, 3.8) is 0 Å². The normalized spacial score (nSPS) is 13.1. The van der Waals surface area contributed by atoms with Gasteiger partial charge in [-0.05, 0) is 41.5 Å². The van der Waals surface area contributed by atoms with E-state index < -0.39 is 29.9 Å². The SMILES string of the molecule is Cl.N[C@H](c1ccc(OC(F)(F)F)cc1)c1cc(C(F)(F)F)ccc1Br. The Hall–Kier alpha value is -1.45. The van der Waals surface area contributed by atoms with Crippen LogP contribution >= 0.6 is 28.3 Å². The highest BCUT2D eigenvalue weighted by molar-refractivity contribution is 9.10. The van der Waals surface area contributed by atoms with Crippen molar-refractivity contribution < 1.29 is 31.1 Å². The molecule has 2 N–H and O–H groups in total. The lowest BCUT2D eigenvalue weighted by atomic mass is 9.98. The Bertz CT molecular complexity index is 717. The second-order valence-electron chi connectivity index (χ2n) is 4.83. The molecule has 2 rings (SSSR count). The zero-order valence-electron chi connectivity index (χ0n) is 12.2. The molecule has 2 aromatic rings. The molecule has 2 nitrogen and oxygen atoms in total. The van der Waals surface area contributed by atoms with Crippen LogP contribution in [0.2, 0.25) is 0 Å². The lowest BCUT2D eigenvalue weighted by Crippen LogP contribution is -2.17. The van der Waals surface area contributed by atoms with Crippen molar-refractivity contribution in [1.29, 1.82) is 0 Å². The second kappa shape index (κ2) is 7.84. The molecule has 0 aromatic heterocycles. The number of rotatable bonds is 3. The molecule has 0 heterocycles. The Balaban J connectivity index is 0.00000312. The topological polar surface area (TPSA) is 35.2 Å². The number of ether oxygens (including phenoxy) is 1. The Morgan fingerprint density at radius 1 is 0.920 bits per heavy atom. The van der Waals surface area contributed by atoms with Crippen LogP contribution in [0.4, 0.5) is 26.3 Å². The fraction of sp³-hybridized carbons (Fsp3) is 0.200. The molecule has 25 heavy (non-hydrogen) atoms. The highest BCUT2D eigenvalue weighted by atomic mass is 79.9. The number of hydrogen-bond acceptors (Lipinski definition) is 2. The van der Waals surface area contributed by atoms with Crippen molar-refractivity contribution in [2.45, 2.75) is 18.6 Å². The summed E-state index contributed by atoms with van der Waals surface area (Å²) in [6.07, 6.45) is -9.35. The van der Waals surface area contributed by atoms with Gasteiger partial charge in [-0.25, -0.2) is 0 Å². The van der Waals surface area contributed by atoms with Crippen LogP contribution < -0.4 is 10.5 Å². The molecule has 0 radical (unpaired) electrons. The van der Waals surface area contributed by atoms with Gasteiger partial charge in [0.1, 0.15) is 5.75 Å². The van der Waals surface area contributed by atoms with Gasteiger partial charge in [0.25, 0.3) is 0 Å². The molecular weight excluding hydrogens is 440 g/mol. The summed E-state index contributed by atoms with van der Waals surface area (Å²) < 4.78 is 78.8. The minimum Gasteiger partial charge on any atom is -0.406 e. The van der Waals surface area contributed by atoms with E-state index in [1.54, 1.807) is 0 Å². The Kier molecular flexibility index (Phi) is 6.77. The molecule has 0 amide bonds. The van der Waals surface area contributed by atoms with Gasteiger partial charge in [-0.1, -0.05) is 28.1 Å². The third-order valence-electron chi connectivity index (χ3n) is 3.13. The van der Waals surface area contributed by atoms with Crippen molar-refractivity contribution in [3.8, 4) is 5.75 Å². The van der Waals surface area contributed by atoms with E-state index in [9.17, 15) is 26.3 Å². The molecule has 0 fully saturated rings. The molecule has 0 spiro atoms. The Morgan fingerprint density at radius 3 is 1.96 bits per heavy atom. The fourth-order valence-corrected chi connectivity index (χ4v) is 2.51. The molecular formula is C15H11BrClF6NO. The lowest BCUT2D eigenvalue weighted by Gasteiger charge is -2.17. The van der Waals surface area contributed by atoms with Crippen molar-refractivity contribution in [1.82, 2.24) is 0 Å². The highest BCUT2D eigenvalue weighted by Crippen LogP contribution is 2.35. The van der Waals surface area contributed by atoms with E-state index in [4.69, 9.17) is 5.73 Å². The van der Waals surface area contributed by atoms with E-state index in [2.05, 4.69) is 20.7 Å². The maximum absolute atomic E-state index is 12.8. The van der Waals surface area contributed by atoms with Gasteiger partial charge in [-0.3, -0.25) is 0 Å². The molecule has 0 aliphatic heterocycles. The zero-order chi connectivity index (χ0) is 18.1. The first-order chi connectivity index (χ1) is 11.0. The first-order valence-corrected chi connectivity index (χ1v) is 7.24. The van der Waals surface area contributed by atoms with Crippen molar-refractivity contribution in [2.24, 2.45) is 5.73 Å². The molecule has 0 aliphatic carbocycles. The monoisotopic (exact) mass is 449 g/mol. The van der Waals surface area contributed by atoms with E-state index in [-0.39, 0.29) is 18.0 Å². The second-order valence-corrected chi connectivity index (χ2v) is 5.68. The maximum atomic E-state index is 12.8. The van der Waals surface area contributed by atoms with E-state index in [0.717, 1.165) is 24.3 Å². The number of alkyl halides is 6.